The summed E-state index contributed by atoms with van der Waals surface area (Å²) in [6.07, 6.45) is 2.06. The van der Waals surface area contributed by atoms with E-state index in [0.29, 0.717) is 36.0 Å². The highest BCUT2D eigenvalue weighted by Gasteiger charge is 2.48. The van der Waals surface area contributed by atoms with E-state index in [9.17, 15) is 13.6 Å². The molecule has 0 N–H and O–H groups in total. The van der Waals surface area contributed by atoms with Crippen LogP contribution in [0.2, 0.25) is 0 Å². The van der Waals surface area contributed by atoms with Crippen LogP contribution >= 0.6 is 0 Å². The maximum Gasteiger partial charge on any atom is 0.410 e. The molecule has 0 radical (unpaired) electrons. The zero-order chi connectivity index (χ0) is 29.3. The van der Waals surface area contributed by atoms with Crippen molar-refractivity contribution in [2.75, 3.05) is 18.0 Å². The Bertz CT molecular complexity index is 1530. The molecule has 4 aromatic rings. The van der Waals surface area contributed by atoms with Crippen LogP contribution in [0.15, 0.2) is 54.7 Å². The first-order chi connectivity index (χ1) is 19.7. The van der Waals surface area contributed by atoms with Crippen LogP contribution in [-0.2, 0) is 11.3 Å². The number of halogens is 2. The Morgan fingerprint density at radius 3 is 2.39 bits per heavy atom. The summed E-state index contributed by atoms with van der Waals surface area (Å²) in [5, 5.41) is 4.84. The summed E-state index contributed by atoms with van der Waals surface area (Å²) >= 11 is 0. The molecule has 7 rings (SSSR count). The van der Waals surface area contributed by atoms with Crippen LogP contribution in [0.5, 0.6) is 5.88 Å². The summed E-state index contributed by atoms with van der Waals surface area (Å²) in [6.45, 7) is 10.7. The monoisotopic (exact) mass is 564 g/mol. The minimum absolute atomic E-state index is 0.00498. The Kier molecular flexibility index (Phi) is 7.79. The number of carbonyl (C=O) groups is 1. The minimum Gasteiger partial charge on any atom is -0.472 e. The molecule has 0 saturated carbocycles. The number of aromatic nitrogens is 4. The van der Waals surface area contributed by atoms with Gasteiger partial charge in [-0.1, -0.05) is 44.2 Å². The van der Waals surface area contributed by atoms with Crippen molar-refractivity contribution in [1.82, 2.24) is 24.6 Å². The van der Waals surface area contributed by atoms with E-state index in [4.69, 9.17) is 19.4 Å². The highest BCUT2D eigenvalue weighted by molar-refractivity contribution is 5.83. The van der Waals surface area contributed by atoms with Gasteiger partial charge in [-0.05, 0) is 44.9 Å². The van der Waals surface area contributed by atoms with Gasteiger partial charge in [0.1, 0.15) is 29.1 Å². The third kappa shape index (κ3) is 5.79. The van der Waals surface area contributed by atoms with Crippen molar-refractivity contribution in [2.45, 2.75) is 65.3 Å². The van der Waals surface area contributed by atoms with Crippen molar-refractivity contribution in [3.63, 3.8) is 0 Å². The van der Waals surface area contributed by atoms with E-state index in [1.165, 1.54) is 23.0 Å². The molecule has 9 nitrogen and oxygen atoms in total. The van der Waals surface area contributed by atoms with Crippen molar-refractivity contribution >= 4 is 23.1 Å². The van der Waals surface area contributed by atoms with Crippen LogP contribution in [0.1, 0.15) is 46.6 Å². The summed E-state index contributed by atoms with van der Waals surface area (Å²) in [7, 11) is 0. The lowest BCUT2D eigenvalue weighted by atomic mass is 9.88. The normalized spacial score (nSPS) is 17.9. The van der Waals surface area contributed by atoms with Crippen molar-refractivity contribution < 1.29 is 23.0 Å². The molecule has 1 amide bonds. The van der Waals surface area contributed by atoms with Gasteiger partial charge in [-0.25, -0.2) is 18.3 Å². The molecule has 3 fully saturated rings. The fraction of sp³-hybridized carbons (Fsp3) is 0.400. The molecular weight excluding hydrogens is 530 g/mol. The molecule has 2 unspecified atom stereocenters. The average molecular weight is 565 g/mol. The van der Waals surface area contributed by atoms with E-state index < -0.39 is 17.2 Å². The maximum absolute atomic E-state index is 14.7. The number of benzene rings is 2. The van der Waals surface area contributed by atoms with Crippen LogP contribution in [0.3, 0.4) is 0 Å². The SMILES string of the molecule is CC.CC(C)(C)OC(=O)N1CC2CC(C1)N2c1nc(OCc2ccccc2)c2cnn(-c3ccc(F)cc3F)c2n1. The summed E-state index contributed by atoms with van der Waals surface area (Å²) < 4.78 is 41.4. The quantitative estimate of drug-likeness (QED) is 0.299. The number of piperidine rings is 1. The van der Waals surface area contributed by atoms with Crippen LogP contribution in [0.4, 0.5) is 19.5 Å². The first-order valence-electron chi connectivity index (χ1n) is 13.8. The van der Waals surface area contributed by atoms with Gasteiger partial charge in [-0.3, -0.25) is 0 Å². The molecule has 0 aliphatic carbocycles. The van der Waals surface area contributed by atoms with Crippen LogP contribution < -0.4 is 9.64 Å². The highest BCUT2D eigenvalue weighted by atomic mass is 19.1. The molecule has 2 atom stereocenters. The van der Waals surface area contributed by atoms with E-state index in [2.05, 4.69) is 10.00 Å². The number of nitrogens with zero attached hydrogens (tertiary/aromatic N) is 6. The lowest BCUT2D eigenvalue weighted by molar-refractivity contribution is 0.00825. The Morgan fingerprint density at radius 2 is 1.73 bits per heavy atom. The van der Waals surface area contributed by atoms with Gasteiger partial charge in [0, 0.05) is 19.2 Å². The number of rotatable bonds is 5. The van der Waals surface area contributed by atoms with Gasteiger partial charge in [0.25, 0.3) is 0 Å². The lowest BCUT2D eigenvalue weighted by Gasteiger charge is -2.55. The molecule has 2 aromatic carbocycles. The first-order valence-corrected chi connectivity index (χ1v) is 13.8. The largest absolute Gasteiger partial charge is 0.472 e. The fourth-order valence-corrected chi connectivity index (χ4v) is 5.06. The number of amides is 1. The number of ether oxygens (including phenoxy) is 2. The molecule has 41 heavy (non-hydrogen) atoms. The molecule has 216 valence electrons. The number of anilines is 1. The molecule has 2 bridgehead atoms. The smallest absolute Gasteiger partial charge is 0.410 e. The number of hydrogen-bond acceptors (Lipinski definition) is 7. The van der Waals surface area contributed by atoms with Crippen molar-refractivity contribution in [3.05, 3.63) is 71.9 Å². The molecule has 5 heterocycles. The maximum atomic E-state index is 14.7. The standard InChI is InChI=1S/C28H28F2N6O3.C2H6/c1-28(2,3)39-27(37)34-14-19-12-20(15-34)35(19)26-32-24-21(25(33-26)38-16-17-7-5-4-6-8-17)13-31-36(24)23-10-9-18(29)11-22(23)30;1-2/h4-11,13,19-20H,12,14-16H2,1-3H3;1-2H3. The van der Waals surface area contributed by atoms with Gasteiger partial charge in [-0.15, -0.1) is 0 Å². The van der Waals surface area contributed by atoms with Gasteiger partial charge in [0.05, 0.1) is 18.3 Å². The molecule has 0 spiro atoms. The average Bonchev–Trinajstić information content (AvgIpc) is 3.36. The van der Waals surface area contributed by atoms with Gasteiger partial charge in [0.15, 0.2) is 11.5 Å². The second-order valence-corrected chi connectivity index (χ2v) is 10.8. The lowest BCUT2D eigenvalue weighted by Crippen LogP contribution is -2.70. The zero-order valence-corrected chi connectivity index (χ0v) is 23.8. The van der Waals surface area contributed by atoms with Crippen LogP contribution in [-0.4, -0.2) is 61.5 Å². The molecule has 2 aromatic heterocycles. The molecule has 3 saturated heterocycles. The van der Waals surface area contributed by atoms with E-state index in [-0.39, 0.29) is 30.5 Å². The highest BCUT2D eigenvalue weighted by Crippen LogP contribution is 2.38. The molecular formula is C30H34F2N6O3. The van der Waals surface area contributed by atoms with E-state index in [1.807, 2.05) is 65.0 Å². The predicted octanol–water partition coefficient (Wildman–Crippen LogP) is 5.90. The number of piperazine rings is 1. The van der Waals surface area contributed by atoms with Crippen molar-refractivity contribution in [2.24, 2.45) is 0 Å². The molecule has 3 aliphatic heterocycles. The predicted molar refractivity (Wildman–Crippen MR) is 151 cm³/mol. The van der Waals surface area contributed by atoms with Crippen LogP contribution in [0.25, 0.3) is 16.7 Å². The molecule has 3 aliphatic rings. The second-order valence-electron chi connectivity index (χ2n) is 10.8. The molecule has 11 heteroatoms. The van der Waals surface area contributed by atoms with Crippen molar-refractivity contribution in [3.8, 4) is 11.6 Å². The minimum atomic E-state index is -0.763. The summed E-state index contributed by atoms with van der Waals surface area (Å²) in [5.74, 6) is -0.736. The summed E-state index contributed by atoms with van der Waals surface area (Å²) in [5.41, 5.74) is 0.773. The Labute approximate surface area is 237 Å². The summed E-state index contributed by atoms with van der Waals surface area (Å²) in [4.78, 5) is 25.9. The van der Waals surface area contributed by atoms with E-state index in [1.54, 1.807) is 4.90 Å². The third-order valence-electron chi connectivity index (χ3n) is 6.81. The Balaban J connectivity index is 0.00000165. The fourth-order valence-electron chi connectivity index (χ4n) is 5.06. The third-order valence-corrected chi connectivity index (χ3v) is 6.81. The van der Waals surface area contributed by atoms with Gasteiger partial charge in [-0.2, -0.15) is 15.1 Å². The number of fused-ring (bicyclic) bond motifs is 3. The van der Waals surface area contributed by atoms with E-state index in [0.717, 1.165) is 18.1 Å². The van der Waals surface area contributed by atoms with Crippen molar-refractivity contribution in [1.29, 1.82) is 0 Å². The summed E-state index contributed by atoms with van der Waals surface area (Å²) in [6, 6.07) is 13.0. The van der Waals surface area contributed by atoms with Crippen LogP contribution in [0, 0.1) is 11.6 Å². The van der Waals surface area contributed by atoms with E-state index >= 15 is 0 Å². The second kappa shape index (κ2) is 11.3. The Hall–Kier alpha value is -4.28. The number of carbonyl (C=O) groups excluding carboxylic acids is 1. The van der Waals surface area contributed by atoms with Gasteiger partial charge < -0.3 is 19.3 Å². The topological polar surface area (TPSA) is 85.6 Å². The van der Waals surface area contributed by atoms with Gasteiger partial charge in [0.2, 0.25) is 11.8 Å². The first kappa shape index (κ1) is 28.3. The van der Waals surface area contributed by atoms with Gasteiger partial charge >= 0.3 is 6.09 Å². The zero-order valence-electron chi connectivity index (χ0n) is 23.8. The number of hydrogen-bond donors (Lipinski definition) is 0. The Morgan fingerprint density at radius 1 is 1.02 bits per heavy atom.